The first-order valence-electron chi connectivity index (χ1n) is 2.85. The molecule has 0 aromatic heterocycles. The first kappa shape index (κ1) is 10.5. The molecule has 0 aromatic rings. The molecular weight excluding hydrogens is 171 g/mol. The van der Waals surface area contributed by atoms with E-state index in [0.717, 1.165) is 6.08 Å². The fraction of sp³-hybridized carbons (Fsp3) is 0.167. The Morgan fingerprint density at radius 2 is 1.83 bits per heavy atom. The van der Waals surface area contributed by atoms with E-state index >= 15 is 0 Å². The van der Waals surface area contributed by atoms with E-state index in [1.54, 1.807) is 0 Å². The number of hydrogen-bond donors (Lipinski definition) is 2. The highest BCUT2D eigenvalue weighted by molar-refractivity contribution is 5.91. The van der Waals surface area contributed by atoms with Gasteiger partial charge in [0, 0.05) is 5.57 Å². The molecule has 0 aromatic carbocycles. The average Bonchev–Trinajstić information content (AvgIpc) is 1.97. The van der Waals surface area contributed by atoms with Gasteiger partial charge in [0.2, 0.25) is 0 Å². The van der Waals surface area contributed by atoms with Crippen LogP contribution in [0.15, 0.2) is 29.4 Å². The zero-order chi connectivity index (χ0) is 9.78. The molecule has 6 heteroatoms. The number of allylic oxidation sites excluding steroid dienone is 2. The van der Waals surface area contributed by atoms with Crippen LogP contribution < -0.4 is 11.6 Å². The Kier molecular flexibility index (Phi) is 3.33. The Bertz CT molecular complexity index is 227. The molecule has 0 aliphatic carbocycles. The molecule has 0 heterocycles. The quantitative estimate of drug-likeness (QED) is 0.217. The molecule has 68 valence electrons. The van der Waals surface area contributed by atoms with Crippen molar-refractivity contribution in [1.82, 2.24) is 0 Å². The van der Waals surface area contributed by atoms with Gasteiger partial charge in [-0.05, 0) is 12.2 Å². The normalized spacial score (nSPS) is 13.8. The molecule has 3 nitrogen and oxygen atoms in total. The minimum absolute atomic E-state index is 0.194. The fourth-order valence-electron chi connectivity index (χ4n) is 0.323. The van der Waals surface area contributed by atoms with Crippen molar-refractivity contribution in [3.8, 4) is 0 Å². The van der Waals surface area contributed by atoms with Crippen LogP contribution in [-0.4, -0.2) is 12.0 Å². The van der Waals surface area contributed by atoms with Gasteiger partial charge in [-0.3, -0.25) is 0 Å². The molecule has 0 saturated heterocycles. The highest BCUT2D eigenvalue weighted by atomic mass is 19.4. The van der Waals surface area contributed by atoms with Crippen LogP contribution in [-0.2, 0) is 0 Å². The number of nitrogens with two attached hydrogens (primary N) is 2. The number of halogens is 3. The van der Waals surface area contributed by atoms with Crippen molar-refractivity contribution >= 4 is 5.84 Å². The van der Waals surface area contributed by atoms with Crippen LogP contribution in [0.25, 0.3) is 0 Å². The minimum Gasteiger partial charge on any atom is -0.382 e. The predicted molar refractivity (Wildman–Crippen MR) is 40.1 cm³/mol. The summed E-state index contributed by atoms with van der Waals surface area (Å²) in [7, 11) is 0. The monoisotopic (exact) mass is 179 g/mol. The Morgan fingerprint density at radius 1 is 1.33 bits per heavy atom. The van der Waals surface area contributed by atoms with Gasteiger partial charge in [0.1, 0.15) is 5.84 Å². The molecule has 0 aliphatic heterocycles. The second-order valence-electron chi connectivity index (χ2n) is 1.91. The zero-order valence-corrected chi connectivity index (χ0v) is 6.10. The van der Waals surface area contributed by atoms with Crippen LogP contribution in [0.5, 0.6) is 0 Å². The van der Waals surface area contributed by atoms with Crippen LogP contribution in [0, 0.1) is 0 Å². The second kappa shape index (κ2) is 3.80. The minimum atomic E-state index is -4.44. The molecule has 0 unspecified atom stereocenters. The van der Waals surface area contributed by atoms with Crippen molar-refractivity contribution in [2.45, 2.75) is 6.18 Å². The molecule has 0 saturated carbocycles. The third-order valence-corrected chi connectivity index (χ3v) is 0.968. The summed E-state index contributed by atoms with van der Waals surface area (Å²) < 4.78 is 35.2. The Morgan fingerprint density at radius 3 is 2.17 bits per heavy atom. The van der Waals surface area contributed by atoms with E-state index in [9.17, 15) is 13.2 Å². The highest BCUT2D eigenvalue weighted by Crippen LogP contribution is 2.24. The molecule has 0 spiro atoms. The van der Waals surface area contributed by atoms with Crippen LogP contribution in [0.1, 0.15) is 0 Å². The van der Waals surface area contributed by atoms with Crippen molar-refractivity contribution in [2.75, 3.05) is 0 Å². The topological polar surface area (TPSA) is 64.4 Å². The summed E-state index contributed by atoms with van der Waals surface area (Å²) >= 11 is 0. The number of hydrazone groups is 1. The summed E-state index contributed by atoms with van der Waals surface area (Å²) in [6, 6.07) is 0. The number of amidine groups is 1. The number of alkyl halides is 3. The lowest BCUT2D eigenvalue weighted by Crippen LogP contribution is -2.12. The lowest BCUT2D eigenvalue weighted by molar-refractivity contribution is -0.0877. The molecule has 0 fully saturated rings. The standard InChI is InChI=1S/C6H8F3N3/c1-4(6(7,8)9)2-3-5(10)12-11/h2-3H,1,11H2,(H2,10,12)/b3-2-. The smallest absolute Gasteiger partial charge is 0.382 e. The van der Waals surface area contributed by atoms with E-state index in [2.05, 4.69) is 17.5 Å². The lowest BCUT2D eigenvalue weighted by atomic mass is 10.2. The molecule has 12 heavy (non-hydrogen) atoms. The van der Waals surface area contributed by atoms with E-state index in [1.165, 1.54) is 0 Å². The zero-order valence-electron chi connectivity index (χ0n) is 6.10. The van der Waals surface area contributed by atoms with Gasteiger partial charge in [-0.2, -0.15) is 18.3 Å². The van der Waals surface area contributed by atoms with Gasteiger partial charge in [-0.25, -0.2) is 0 Å². The second-order valence-corrected chi connectivity index (χ2v) is 1.91. The van der Waals surface area contributed by atoms with Crippen molar-refractivity contribution in [3.05, 3.63) is 24.3 Å². The molecule has 0 bridgehead atoms. The Labute approximate surface area is 67.2 Å². The predicted octanol–water partition coefficient (Wildman–Crippen LogP) is 0.892. The summed E-state index contributed by atoms with van der Waals surface area (Å²) in [5.41, 5.74) is 3.99. The van der Waals surface area contributed by atoms with Gasteiger partial charge >= 0.3 is 6.18 Å². The van der Waals surface area contributed by atoms with Crippen molar-refractivity contribution in [1.29, 1.82) is 0 Å². The van der Waals surface area contributed by atoms with Gasteiger partial charge < -0.3 is 11.6 Å². The largest absolute Gasteiger partial charge is 0.415 e. The van der Waals surface area contributed by atoms with E-state index in [0.29, 0.717) is 6.08 Å². The first-order valence-corrected chi connectivity index (χ1v) is 2.85. The van der Waals surface area contributed by atoms with Crippen LogP contribution in [0.3, 0.4) is 0 Å². The molecule has 0 rings (SSSR count). The fourth-order valence-corrected chi connectivity index (χ4v) is 0.323. The maximum absolute atomic E-state index is 11.7. The molecule has 4 N–H and O–H groups in total. The van der Waals surface area contributed by atoms with Crippen LogP contribution in [0.4, 0.5) is 13.2 Å². The molecule has 0 radical (unpaired) electrons. The van der Waals surface area contributed by atoms with Crippen molar-refractivity contribution < 1.29 is 13.2 Å². The first-order chi connectivity index (χ1) is 5.38. The lowest BCUT2D eigenvalue weighted by Gasteiger charge is -2.03. The van der Waals surface area contributed by atoms with Crippen molar-refractivity contribution in [3.63, 3.8) is 0 Å². The summed E-state index contributed by atoms with van der Waals surface area (Å²) in [5.74, 6) is 4.47. The molecule has 0 amide bonds. The summed E-state index contributed by atoms with van der Waals surface area (Å²) in [4.78, 5) is 0. The SMILES string of the molecule is C=C(/C=C\C(N)=N/N)C(F)(F)F. The van der Waals surface area contributed by atoms with Crippen molar-refractivity contribution in [2.24, 2.45) is 16.7 Å². The molecule has 0 aliphatic rings. The van der Waals surface area contributed by atoms with E-state index in [4.69, 9.17) is 5.73 Å². The Hall–Kier alpha value is -1.46. The third-order valence-electron chi connectivity index (χ3n) is 0.968. The molecule has 0 atom stereocenters. The Balaban J connectivity index is 4.29. The van der Waals surface area contributed by atoms with Crippen LogP contribution >= 0.6 is 0 Å². The maximum Gasteiger partial charge on any atom is 0.415 e. The maximum atomic E-state index is 11.7. The number of rotatable bonds is 2. The van der Waals surface area contributed by atoms with Gasteiger partial charge in [-0.15, -0.1) is 0 Å². The third kappa shape index (κ3) is 3.65. The van der Waals surface area contributed by atoms with E-state index in [-0.39, 0.29) is 5.84 Å². The molecular formula is C6H8F3N3. The highest BCUT2D eigenvalue weighted by Gasteiger charge is 2.29. The van der Waals surface area contributed by atoms with Gasteiger partial charge in [0.05, 0.1) is 0 Å². The summed E-state index contributed by atoms with van der Waals surface area (Å²) in [6.07, 6.45) is -2.81. The van der Waals surface area contributed by atoms with Gasteiger partial charge in [0.15, 0.2) is 0 Å². The summed E-state index contributed by atoms with van der Waals surface area (Å²) in [5, 5.41) is 2.94. The summed E-state index contributed by atoms with van der Waals surface area (Å²) in [6.45, 7) is 2.77. The van der Waals surface area contributed by atoms with Crippen LogP contribution in [0.2, 0.25) is 0 Å². The number of nitrogens with zero attached hydrogens (tertiary/aromatic N) is 1. The van der Waals surface area contributed by atoms with Gasteiger partial charge in [-0.1, -0.05) is 6.58 Å². The number of hydrogen-bond acceptors (Lipinski definition) is 2. The van der Waals surface area contributed by atoms with E-state index in [1.807, 2.05) is 0 Å². The van der Waals surface area contributed by atoms with Gasteiger partial charge in [0.25, 0.3) is 0 Å². The van der Waals surface area contributed by atoms with E-state index < -0.39 is 11.7 Å². The average molecular weight is 179 g/mol.